The maximum Gasteiger partial charge on any atom is 0.149 e. The van der Waals surface area contributed by atoms with Gasteiger partial charge in [0.15, 0.2) is 0 Å². The minimum absolute atomic E-state index is 0.411. The first-order valence-corrected chi connectivity index (χ1v) is 7.27. The fourth-order valence-corrected chi connectivity index (χ4v) is 3.31. The summed E-state index contributed by atoms with van der Waals surface area (Å²) in [5.41, 5.74) is 12.4. The van der Waals surface area contributed by atoms with Gasteiger partial charge in [0.1, 0.15) is 11.6 Å². The van der Waals surface area contributed by atoms with Crippen molar-refractivity contribution in [1.82, 2.24) is 4.98 Å². The number of nitrogens with two attached hydrogens (primary N) is 2. The molecule has 4 nitrogen and oxygen atoms in total. The summed E-state index contributed by atoms with van der Waals surface area (Å²) in [4.78, 5) is 4.29. The molecule has 106 valence electrons. The molecule has 1 aromatic rings. The van der Waals surface area contributed by atoms with Crippen LogP contribution in [0, 0.1) is 11.3 Å². The summed E-state index contributed by atoms with van der Waals surface area (Å²) < 4.78 is 0. The maximum absolute atomic E-state index is 5.74. The third kappa shape index (κ3) is 3.52. The van der Waals surface area contributed by atoms with Crippen LogP contribution in [0.25, 0.3) is 0 Å². The van der Waals surface area contributed by atoms with E-state index >= 15 is 0 Å². The molecule has 1 saturated carbocycles. The van der Waals surface area contributed by atoms with Gasteiger partial charge in [-0.2, -0.15) is 0 Å². The summed E-state index contributed by atoms with van der Waals surface area (Å²) >= 11 is 0. The Balaban J connectivity index is 2.00. The first-order chi connectivity index (χ1) is 9.01. The van der Waals surface area contributed by atoms with Gasteiger partial charge >= 0.3 is 0 Å². The maximum atomic E-state index is 5.74. The number of hydrogen-bond acceptors (Lipinski definition) is 4. The number of hydrogen-bond donors (Lipinski definition) is 3. The van der Waals surface area contributed by atoms with Gasteiger partial charge in [0.2, 0.25) is 0 Å². The molecular weight excluding hydrogens is 236 g/mol. The minimum Gasteiger partial charge on any atom is -0.396 e. The lowest BCUT2D eigenvalue weighted by Crippen LogP contribution is -2.28. The van der Waals surface area contributed by atoms with Gasteiger partial charge in [-0.3, -0.25) is 0 Å². The van der Waals surface area contributed by atoms with Gasteiger partial charge in [-0.25, -0.2) is 4.98 Å². The number of aromatic nitrogens is 1. The average molecular weight is 262 g/mol. The van der Waals surface area contributed by atoms with E-state index in [1.165, 1.54) is 32.1 Å². The predicted molar refractivity (Wildman–Crippen MR) is 81.9 cm³/mol. The summed E-state index contributed by atoms with van der Waals surface area (Å²) in [6.45, 7) is 5.60. The van der Waals surface area contributed by atoms with Crippen LogP contribution < -0.4 is 16.8 Å². The van der Waals surface area contributed by atoms with Gasteiger partial charge in [0, 0.05) is 6.54 Å². The molecule has 1 heterocycles. The molecule has 0 radical (unpaired) electrons. The fraction of sp³-hybridized carbons (Fsp3) is 0.667. The van der Waals surface area contributed by atoms with Gasteiger partial charge in [0.25, 0.3) is 0 Å². The van der Waals surface area contributed by atoms with Crippen LogP contribution in [0.2, 0.25) is 0 Å². The van der Waals surface area contributed by atoms with E-state index in [1.807, 2.05) is 12.1 Å². The highest BCUT2D eigenvalue weighted by Crippen LogP contribution is 2.43. The second kappa shape index (κ2) is 5.68. The first-order valence-electron chi connectivity index (χ1n) is 7.27. The van der Waals surface area contributed by atoms with Gasteiger partial charge in [-0.1, -0.05) is 26.7 Å². The lowest BCUT2D eigenvalue weighted by atomic mass is 9.78. The molecule has 0 spiro atoms. The van der Waals surface area contributed by atoms with E-state index in [0.717, 1.165) is 18.3 Å². The van der Waals surface area contributed by atoms with E-state index in [4.69, 9.17) is 11.5 Å². The predicted octanol–water partition coefficient (Wildman–Crippen LogP) is 3.26. The highest BCUT2D eigenvalue weighted by Gasteiger charge is 2.34. The van der Waals surface area contributed by atoms with Crippen LogP contribution in [0.4, 0.5) is 17.3 Å². The van der Waals surface area contributed by atoms with E-state index in [1.54, 1.807) is 0 Å². The molecule has 1 aliphatic rings. The van der Waals surface area contributed by atoms with Crippen molar-refractivity contribution in [3.05, 3.63) is 12.1 Å². The van der Waals surface area contributed by atoms with Crippen LogP contribution in [-0.4, -0.2) is 11.5 Å². The zero-order chi connectivity index (χ0) is 13.9. The van der Waals surface area contributed by atoms with Crippen LogP contribution in [-0.2, 0) is 0 Å². The van der Waals surface area contributed by atoms with Crippen LogP contribution in [0.15, 0.2) is 12.1 Å². The largest absolute Gasteiger partial charge is 0.396 e. The third-order valence-corrected chi connectivity index (χ3v) is 4.11. The second-order valence-corrected chi connectivity index (χ2v) is 6.33. The van der Waals surface area contributed by atoms with E-state index in [9.17, 15) is 0 Å². The van der Waals surface area contributed by atoms with Crippen LogP contribution >= 0.6 is 0 Å². The molecule has 0 saturated heterocycles. The van der Waals surface area contributed by atoms with Crippen molar-refractivity contribution in [3.63, 3.8) is 0 Å². The van der Waals surface area contributed by atoms with Crippen molar-refractivity contribution in [3.8, 4) is 0 Å². The van der Waals surface area contributed by atoms with E-state index in [0.29, 0.717) is 16.9 Å². The standard InChI is InChI=1S/C15H26N4/c1-11(2)9-15(7-3-4-8-15)10-18-13-6-5-12(16)14(17)19-13/h5-6,11H,3-4,7-10,16H2,1-2H3,(H3,17,18,19). The molecule has 0 atom stereocenters. The van der Waals surface area contributed by atoms with Crippen molar-refractivity contribution >= 4 is 17.3 Å². The summed E-state index contributed by atoms with van der Waals surface area (Å²) in [6, 6.07) is 3.72. The molecule has 5 N–H and O–H groups in total. The molecular formula is C15H26N4. The third-order valence-electron chi connectivity index (χ3n) is 4.11. The number of rotatable bonds is 5. The topological polar surface area (TPSA) is 77.0 Å². The summed E-state index contributed by atoms with van der Waals surface area (Å²) in [5, 5.41) is 3.45. The van der Waals surface area contributed by atoms with Crippen molar-refractivity contribution in [2.45, 2.75) is 46.0 Å². The van der Waals surface area contributed by atoms with Crippen molar-refractivity contribution in [1.29, 1.82) is 0 Å². The normalized spacial score (nSPS) is 17.8. The van der Waals surface area contributed by atoms with Gasteiger partial charge < -0.3 is 16.8 Å². The number of anilines is 3. The molecule has 0 amide bonds. The Morgan fingerprint density at radius 3 is 2.53 bits per heavy atom. The summed E-state index contributed by atoms with van der Waals surface area (Å²) in [7, 11) is 0. The Morgan fingerprint density at radius 2 is 1.95 bits per heavy atom. The number of nitrogens with zero attached hydrogens (tertiary/aromatic N) is 1. The highest BCUT2D eigenvalue weighted by atomic mass is 15.0. The van der Waals surface area contributed by atoms with Gasteiger partial charge in [0.05, 0.1) is 5.69 Å². The molecule has 0 aromatic carbocycles. The van der Waals surface area contributed by atoms with Crippen LogP contribution in [0.5, 0.6) is 0 Å². The second-order valence-electron chi connectivity index (χ2n) is 6.33. The Kier molecular flexibility index (Phi) is 4.17. The number of nitrogen functional groups attached to an aromatic ring is 2. The van der Waals surface area contributed by atoms with Crippen molar-refractivity contribution in [2.24, 2.45) is 11.3 Å². The van der Waals surface area contributed by atoms with Crippen molar-refractivity contribution in [2.75, 3.05) is 23.3 Å². The molecule has 4 heteroatoms. The molecule has 0 unspecified atom stereocenters. The SMILES string of the molecule is CC(C)CC1(CNc2ccc(N)c(N)n2)CCCC1. The molecule has 0 aliphatic heterocycles. The lowest BCUT2D eigenvalue weighted by molar-refractivity contribution is 0.252. The zero-order valence-corrected chi connectivity index (χ0v) is 12.1. The Hall–Kier alpha value is -1.45. The average Bonchev–Trinajstić information content (AvgIpc) is 2.79. The monoisotopic (exact) mass is 262 g/mol. The zero-order valence-electron chi connectivity index (χ0n) is 12.1. The fourth-order valence-electron chi connectivity index (χ4n) is 3.31. The lowest BCUT2D eigenvalue weighted by Gasteiger charge is -2.31. The van der Waals surface area contributed by atoms with E-state index < -0.39 is 0 Å². The molecule has 2 rings (SSSR count). The molecule has 0 bridgehead atoms. The highest BCUT2D eigenvalue weighted by molar-refractivity contribution is 5.61. The summed E-state index contributed by atoms with van der Waals surface area (Å²) in [5.74, 6) is 1.99. The smallest absolute Gasteiger partial charge is 0.149 e. The number of nitrogens with one attached hydrogen (secondary N) is 1. The van der Waals surface area contributed by atoms with E-state index in [2.05, 4.69) is 24.1 Å². The molecule has 1 fully saturated rings. The first kappa shape index (κ1) is 14.0. The minimum atomic E-state index is 0.411. The van der Waals surface area contributed by atoms with Gasteiger partial charge in [-0.05, 0) is 42.7 Å². The number of pyridine rings is 1. The molecule has 1 aliphatic carbocycles. The molecule has 1 aromatic heterocycles. The quantitative estimate of drug-likeness (QED) is 0.761. The molecule has 19 heavy (non-hydrogen) atoms. The van der Waals surface area contributed by atoms with Crippen molar-refractivity contribution < 1.29 is 0 Å². The van der Waals surface area contributed by atoms with E-state index in [-0.39, 0.29) is 0 Å². The van der Waals surface area contributed by atoms with Crippen LogP contribution in [0.1, 0.15) is 46.0 Å². The van der Waals surface area contributed by atoms with Gasteiger partial charge in [-0.15, -0.1) is 0 Å². The Morgan fingerprint density at radius 1 is 1.26 bits per heavy atom. The summed E-state index contributed by atoms with van der Waals surface area (Å²) in [6.07, 6.45) is 6.63. The van der Waals surface area contributed by atoms with Crippen LogP contribution in [0.3, 0.4) is 0 Å². The Bertz CT molecular complexity index is 422. The Labute approximate surface area is 116 Å².